The number of amidine groups is 1. The molecule has 0 bridgehead atoms. The van der Waals surface area contributed by atoms with Crippen LogP contribution in [-0.4, -0.2) is 23.7 Å². The fraction of sp³-hybridized carbons (Fsp3) is 0.333. The summed E-state index contributed by atoms with van der Waals surface area (Å²) in [5, 5.41) is 14.2. The van der Waals surface area contributed by atoms with Crippen molar-refractivity contribution in [3.8, 4) is 0 Å². The zero-order valence-corrected chi connectivity index (χ0v) is 7.60. The normalized spacial score (nSPS) is 13.4. The van der Waals surface area contributed by atoms with E-state index in [4.69, 9.17) is 17.2 Å². The van der Waals surface area contributed by atoms with Gasteiger partial charge in [-0.3, -0.25) is 0 Å². The minimum Gasteiger partial charge on any atom is -0.386 e. The first-order valence-electron chi connectivity index (χ1n) is 3.48. The van der Waals surface area contributed by atoms with Crippen molar-refractivity contribution in [3.63, 3.8) is 0 Å². The largest absolute Gasteiger partial charge is 0.386 e. The van der Waals surface area contributed by atoms with Crippen molar-refractivity contribution in [2.24, 2.45) is 37.6 Å². The summed E-state index contributed by atoms with van der Waals surface area (Å²) < 4.78 is 0. The number of nitrogens with zero attached hydrogens (tertiary/aromatic N) is 4. The molecule has 0 aromatic carbocycles. The first kappa shape index (κ1) is 11.1. The molecule has 13 heavy (non-hydrogen) atoms. The van der Waals surface area contributed by atoms with Crippen molar-refractivity contribution in [1.82, 2.24) is 0 Å². The molecule has 72 valence electrons. The van der Waals surface area contributed by atoms with E-state index >= 15 is 0 Å². The van der Waals surface area contributed by atoms with Gasteiger partial charge >= 0.3 is 0 Å². The second-order valence-electron chi connectivity index (χ2n) is 2.25. The highest BCUT2D eigenvalue weighted by molar-refractivity contribution is 6.29. The van der Waals surface area contributed by atoms with Crippen LogP contribution < -0.4 is 17.2 Å². The summed E-state index contributed by atoms with van der Waals surface area (Å²) >= 11 is 0. The van der Waals surface area contributed by atoms with Gasteiger partial charge in [0.2, 0.25) is 5.96 Å². The lowest BCUT2D eigenvalue weighted by Crippen LogP contribution is -2.22. The highest BCUT2D eigenvalue weighted by atomic mass is 15.3. The second-order valence-corrected chi connectivity index (χ2v) is 2.25. The molecular weight excluding hydrogens is 170 g/mol. The van der Waals surface area contributed by atoms with Crippen LogP contribution in [0.3, 0.4) is 0 Å². The molecule has 0 spiro atoms. The molecule has 0 aromatic rings. The third-order valence-corrected chi connectivity index (χ3v) is 0.783. The van der Waals surface area contributed by atoms with Crippen molar-refractivity contribution in [3.05, 3.63) is 0 Å². The first-order valence-corrected chi connectivity index (χ1v) is 3.48. The highest BCUT2D eigenvalue weighted by Crippen LogP contribution is 1.77. The van der Waals surface area contributed by atoms with Crippen LogP contribution in [0.25, 0.3) is 0 Å². The summed E-state index contributed by atoms with van der Waals surface area (Å²) in [5.74, 6) is 0.261. The second kappa shape index (κ2) is 5.70. The van der Waals surface area contributed by atoms with E-state index in [0.29, 0.717) is 11.5 Å². The van der Waals surface area contributed by atoms with E-state index in [-0.39, 0.29) is 5.96 Å². The maximum Gasteiger partial charge on any atom is 0.211 e. The van der Waals surface area contributed by atoms with Crippen LogP contribution in [0.2, 0.25) is 0 Å². The van der Waals surface area contributed by atoms with Crippen LogP contribution in [-0.2, 0) is 0 Å². The zero-order chi connectivity index (χ0) is 10.3. The van der Waals surface area contributed by atoms with Crippen molar-refractivity contribution in [1.29, 1.82) is 0 Å². The van der Waals surface area contributed by atoms with Gasteiger partial charge in [0.25, 0.3) is 0 Å². The zero-order valence-electron chi connectivity index (χ0n) is 7.60. The van der Waals surface area contributed by atoms with E-state index in [9.17, 15) is 0 Å². The predicted molar refractivity (Wildman–Crippen MR) is 54.7 cm³/mol. The molecular formula is C6H13N7. The topological polar surface area (TPSA) is 127 Å². The summed E-state index contributed by atoms with van der Waals surface area (Å²) in [4.78, 5) is 0. The van der Waals surface area contributed by atoms with Gasteiger partial charge in [-0.05, 0) is 13.8 Å². The minimum atomic E-state index is -0.105. The van der Waals surface area contributed by atoms with Gasteiger partial charge in [0.15, 0.2) is 0 Å². The fourth-order valence-electron chi connectivity index (χ4n) is 0.366. The van der Waals surface area contributed by atoms with Gasteiger partial charge < -0.3 is 17.2 Å². The first-order chi connectivity index (χ1) is 6.02. The van der Waals surface area contributed by atoms with E-state index in [1.165, 1.54) is 6.21 Å². The lowest BCUT2D eigenvalue weighted by atomic mass is 10.5. The van der Waals surface area contributed by atoms with Gasteiger partial charge in [-0.2, -0.15) is 10.2 Å². The van der Waals surface area contributed by atoms with Gasteiger partial charge in [-0.15, -0.1) is 10.2 Å². The molecule has 7 heteroatoms. The Morgan fingerprint density at radius 3 is 2.08 bits per heavy atom. The van der Waals surface area contributed by atoms with Crippen LogP contribution in [0.4, 0.5) is 0 Å². The van der Waals surface area contributed by atoms with Crippen LogP contribution in [0, 0.1) is 0 Å². The molecule has 0 unspecified atom stereocenters. The number of nitrogens with two attached hydrogens (primary N) is 3. The molecule has 0 heterocycles. The summed E-state index contributed by atoms with van der Waals surface area (Å²) in [7, 11) is 0. The summed E-state index contributed by atoms with van der Waals surface area (Å²) in [5.41, 5.74) is 15.8. The van der Waals surface area contributed by atoms with Crippen molar-refractivity contribution >= 4 is 23.7 Å². The molecule has 0 saturated carbocycles. The Morgan fingerprint density at radius 2 is 1.62 bits per heavy atom. The van der Waals surface area contributed by atoms with E-state index in [1.54, 1.807) is 13.8 Å². The summed E-state index contributed by atoms with van der Waals surface area (Å²) in [6.07, 6.45) is 1.39. The SMILES string of the molecule is CC(/C=N\N=C(/C)N)=N/N=C(N)N. The van der Waals surface area contributed by atoms with E-state index in [2.05, 4.69) is 20.4 Å². The fourth-order valence-corrected chi connectivity index (χ4v) is 0.366. The molecule has 7 nitrogen and oxygen atoms in total. The van der Waals surface area contributed by atoms with Crippen LogP contribution in [0.5, 0.6) is 0 Å². The van der Waals surface area contributed by atoms with E-state index < -0.39 is 0 Å². The minimum absolute atomic E-state index is 0.105. The average Bonchev–Trinajstić information content (AvgIpc) is 2.00. The van der Waals surface area contributed by atoms with E-state index in [0.717, 1.165) is 0 Å². The molecule has 0 fully saturated rings. The van der Waals surface area contributed by atoms with Crippen molar-refractivity contribution in [2.75, 3.05) is 0 Å². The number of hydrogen-bond donors (Lipinski definition) is 3. The number of hydrogen-bond acceptors (Lipinski definition) is 4. The molecule has 6 N–H and O–H groups in total. The number of rotatable bonds is 3. The molecule has 0 amide bonds. The maximum atomic E-state index is 5.23. The summed E-state index contributed by atoms with van der Waals surface area (Å²) in [6.45, 7) is 3.30. The number of guanidine groups is 1. The highest BCUT2D eigenvalue weighted by Gasteiger charge is 1.83. The molecule has 0 rings (SSSR count). The molecule has 0 aliphatic rings. The lowest BCUT2D eigenvalue weighted by molar-refractivity contribution is 1.20. The smallest absolute Gasteiger partial charge is 0.211 e. The van der Waals surface area contributed by atoms with E-state index in [1.807, 2.05) is 0 Å². The average molecular weight is 183 g/mol. The van der Waals surface area contributed by atoms with Gasteiger partial charge in [0, 0.05) is 0 Å². The van der Waals surface area contributed by atoms with Gasteiger partial charge in [0.1, 0.15) is 5.84 Å². The Bertz CT molecular complexity index is 265. The standard InChI is InChI=1S/C6H13N7/c1-4(11-13-6(8)9)3-10-12-5(2)7/h3H,1-2H3,(H2,7,12)(H4,8,9,13)/b10-3-,11-4-. The molecule has 0 radical (unpaired) electrons. The van der Waals surface area contributed by atoms with Crippen molar-refractivity contribution in [2.45, 2.75) is 13.8 Å². The predicted octanol–water partition coefficient (Wildman–Crippen LogP) is -1.00. The van der Waals surface area contributed by atoms with Crippen LogP contribution in [0.1, 0.15) is 13.8 Å². The summed E-state index contributed by atoms with van der Waals surface area (Å²) in [6, 6.07) is 0. The Hall–Kier alpha value is -1.92. The van der Waals surface area contributed by atoms with Crippen LogP contribution >= 0.6 is 0 Å². The molecule has 0 aromatic heterocycles. The van der Waals surface area contributed by atoms with Gasteiger partial charge in [-0.25, -0.2) is 0 Å². The Labute approximate surface area is 76.1 Å². The van der Waals surface area contributed by atoms with Crippen molar-refractivity contribution < 1.29 is 0 Å². The quantitative estimate of drug-likeness (QED) is 0.295. The van der Waals surface area contributed by atoms with Crippen LogP contribution in [0.15, 0.2) is 20.4 Å². The Kier molecular flexibility index (Phi) is 4.85. The molecule has 0 saturated heterocycles. The monoisotopic (exact) mass is 183 g/mol. The van der Waals surface area contributed by atoms with Gasteiger partial charge in [-0.1, -0.05) is 0 Å². The maximum absolute atomic E-state index is 5.23. The Morgan fingerprint density at radius 1 is 1.00 bits per heavy atom. The third-order valence-electron chi connectivity index (χ3n) is 0.783. The molecule has 0 aliphatic heterocycles. The molecule has 0 aliphatic carbocycles. The lowest BCUT2D eigenvalue weighted by Gasteiger charge is -1.86. The third kappa shape index (κ3) is 7.98. The Balaban J connectivity index is 4.22. The molecule has 0 atom stereocenters. The van der Waals surface area contributed by atoms with Gasteiger partial charge in [0.05, 0.1) is 11.9 Å².